The monoisotopic (exact) mass is 291 g/mol. The molecule has 0 aliphatic rings. The first-order chi connectivity index (χ1) is 9.56. The maximum atomic E-state index is 12.0. The number of hydrogen-bond donors (Lipinski definition) is 2. The van der Waals surface area contributed by atoms with Gasteiger partial charge in [0.15, 0.2) is 17.3 Å². The topological polar surface area (TPSA) is 60.8 Å². The van der Waals surface area contributed by atoms with Crippen molar-refractivity contribution in [1.82, 2.24) is 4.90 Å². The second kappa shape index (κ2) is 6.54. The quantitative estimate of drug-likeness (QED) is 0.634. The fraction of sp³-hybridized carbons (Fsp3) is 0.267. The zero-order chi connectivity index (χ0) is 14.5. The molecule has 0 spiro atoms. The number of likely N-dealkylation sites (N-methyl/N-ethyl adjacent to an activating group) is 1. The lowest BCUT2D eigenvalue weighted by Gasteiger charge is -2.15. The summed E-state index contributed by atoms with van der Waals surface area (Å²) < 4.78 is 0. The highest BCUT2D eigenvalue weighted by Gasteiger charge is 2.11. The summed E-state index contributed by atoms with van der Waals surface area (Å²) in [5, 5.41) is 20.7. The number of aromatic hydroxyl groups is 2. The van der Waals surface area contributed by atoms with Gasteiger partial charge in [-0.15, -0.1) is 11.3 Å². The summed E-state index contributed by atoms with van der Waals surface area (Å²) in [4.78, 5) is 15.3. The second-order valence-corrected chi connectivity index (χ2v) is 5.73. The maximum absolute atomic E-state index is 12.0. The minimum absolute atomic E-state index is 0.0750. The summed E-state index contributed by atoms with van der Waals surface area (Å²) in [6.45, 7) is 1.09. The van der Waals surface area contributed by atoms with Crippen LogP contribution in [0.2, 0.25) is 0 Å². The Labute approximate surface area is 121 Å². The van der Waals surface area contributed by atoms with Gasteiger partial charge >= 0.3 is 0 Å². The van der Waals surface area contributed by atoms with Crippen LogP contribution in [0.15, 0.2) is 35.7 Å². The van der Waals surface area contributed by atoms with Gasteiger partial charge in [-0.25, -0.2) is 0 Å². The smallest absolute Gasteiger partial charge is 0.176 e. The van der Waals surface area contributed by atoms with Gasteiger partial charge in [-0.05, 0) is 43.1 Å². The first kappa shape index (κ1) is 14.6. The minimum Gasteiger partial charge on any atom is -0.504 e. The normalized spacial score (nSPS) is 10.9. The van der Waals surface area contributed by atoms with Crippen molar-refractivity contribution in [2.24, 2.45) is 0 Å². The Morgan fingerprint density at radius 2 is 2.05 bits per heavy atom. The molecule has 1 aromatic heterocycles. The lowest BCUT2D eigenvalue weighted by Crippen LogP contribution is -2.27. The molecule has 106 valence electrons. The minimum atomic E-state index is -0.267. The van der Waals surface area contributed by atoms with Crippen LogP contribution in [0.5, 0.6) is 11.5 Å². The van der Waals surface area contributed by atoms with Crippen molar-refractivity contribution < 1.29 is 15.0 Å². The second-order valence-electron chi connectivity index (χ2n) is 4.69. The molecule has 2 aromatic rings. The Hall–Kier alpha value is -1.85. The summed E-state index contributed by atoms with van der Waals surface area (Å²) in [6, 6.07) is 8.24. The number of carbonyl (C=O) groups is 1. The van der Waals surface area contributed by atoms with Crippen LogP contribution in [0.1, 0.15) is 15.2 Å². The van der Waals surface area contributed by atoms with E-state index in [-0.39, 0.29) is 23.8 Å². The van der Waals surface area contributed by atoms with Crippen molar-refractivity contribution >= 4 is 17.1 Å². The molecule has 0 bridgehead atoms. The molecular weight excluding hydrogens is 274 g/mol. The molecule has 5 heteroatoms. The lowest BCUT2D eigenvalue weighted by atomic mass is 10.1. The molecule has 1 aromatic carbocycles. The van der Waals surface area contributed by atoms with Crippen molar-refractivity contribution in [3.8, 4) is 11.5 Å². The SMILES string of the molecule is CN(CCc1cccs1)CC(=O)c1ccc(O)c(O)c1. The van der Waals surface area contributed by atoms with Crippen LogP contribution < -0.4 is 0 Å². The van der Waals surface area contributed by atoms with E-state index in [4.69, 9.17) is 0 Å². The molecule has 4 nitrogen and oxygen atoms in total. The number of nitrogens with zero attached hydrogens (tertiary/aromatic N) is 1. The molecule has 0 atom stereocenters. The molecule has 0 aliphatic heterocycles. The van der Waals surface area contributed by atoms with Gasteiger partial charge in [0.1, 0.15) is 0 Å². The van der Waals surface area contributed by atoms with E-state index in [9.17, 15) is 15.0 Å². The molecule has 0 radical (unpaired) electrons. The third kappa shape index (κ3) is 3.82. The summed E-state index contributed by atoms with van der Waals surface area (Å²) >= 11 is 1.71. The average molecular weight is 291 g/mol. The van der Waals surface area contributed by atoms with E-state index in [2.05, 4.69) is 6.07 Å². The van der Waals surface area contributed by atoms with E-state index < -0.39 is 0 Å². The third-order valence-electron chi connectivity index (χ3n) is 3.03. The predicted molar refractivity (Wildman–Crippen MR) is 79.6 cm³/mol. The number of Topliss-reactive ketones (excluding diaryl/α,β-unsaturated/α-hetero) is 1. The molecule has 0 amide bonds. The van der Waals surface area contributed by atoms with Crippen LogP contribution in [0, 0.1) is 0 Å². The Kier molecular flexibility index (Phi) is 4.76. The van der Waals surface area contributed by atoms with Crippen LogP contribution in [0.4, 0.5) is 0 Å². The number of thiophene rings is 1. The Morgan fingerprint density at radius 1 is 1.25 bits per heavy atom. The highest BCUT2D eigenvalue weighted by molar-refractivity contribution is 7.09. The summed E-state index contributed by atoms with van der Waals surface area (Å²) in [5.41, 5.74) is 0.406. The van der Waals surface area contributed by atoms with Gasteiger partial charge in [0.2, 0.25) is 0 Å². The van der Waals surface area contributed by atoms with Crippen molar-refractivity contribution in [1.29, 1.82) is 0 Å². The number of ketones is 1. The van der Waals surface area contributed by atoms with Crippen LogP contribution in [-0.2, 0) is 6.42 Å². The molecule has 0 saturated carbocycles. The number of hydrogen-bond acceptors (Lipinski definition) is 5. The van der Waals surface area contributed by atoms with Gasteiger partial charge in [-0.1, -0.05) is 6.07 Å². The van der Waals surface area contributed by atoms with Gasteiger partial charge in [0.05, 0.1) is 6.54 Å². The van der Waals surface area contributed by atoms with E-state index in [1.54, 1.807) is 11.3 Å². The van der Waals surface area contributed by atoms with E-state index in [1.807, 2.05) is 23.4 Å². The Bertz CT molecular complexity index is 581. The third-order valence-corrected chi connectivity index (χ3v) is 3.97. The van der Waals surface area contributed by atoms with Gasteiger partial charge in [-0.3, -0.25) is 9.69 Å². The molecule has 2 rings (SSSR count). The standard InChI is InChI=1S/C15H17NO3S/c1-16(7-6-12-3-2-8-20-12)10-15(19)11-4-5-13(17)14(18)9-11/h2-5,8-9,17-18H,6-7,10H2,1H3. The first-order valence-electron chi connectivity index (χ1n) is 6.32. The van der Waals surface area contributed by atoms with Gasteiger partial charge < -0.3 is 10.2 Å². The zero-order valence-corrected chi connectivity index (χ0v) is 12.1. The number of phenolic OH excluding ortho intramolecular Hbond substituents is 2. The van der Waals surface area contributed by atoms with Gasteiger partial charge in [0.25, 0.3) is 0 Å². The Balaban J connectivity index is 1.88. The van der Waals surface area contributed by atoms with Gasteiger partial charge in [0, 0.05) is 17.0 Å². The first-order valence-corrected chi connectivity index (χ1v) is 7.20. The van der Waals surface area contributed by atoms with Crippen LogP contribution in [0.3, 0.4) is 0 Å². The Morgan fingerprint density at radius 3 is 2.70 bits per heavy atom. The number of phenols is 2. The highest BCUT2D eigenvalue weighted by Crippen LogP contribution is 2.25. The van der Waals surface area contributed by atoms with Crippen molar-refractivity contribution in [3.05, 3.63) is 46.2 Å². The summed E-state index contributed by atoms with van der Waals surface area (Å²) in [7, 11) is 1.89. The maximum Gasteiger partial charge on any atom is 0.176 e. The van der Waals surface area contributed by atoms with E-state index in [0.717, 1.165) is 13.0 Å². The number of benzene rings is 1. The zero-order valence-electron chi connectivity index (χ0n) is 11.2. The predicted octanol–water partition coefficient (Wildman–Crippen LogP) is 2.52. The molecule has 0 aliphatic carbocycles. The highest BCUT2D eigenvalue weighted by atomic mass is 32.1. The number of carbonyl (C=O) groups excluding carboxylic acids is 1. The van der Waals surface area contributed by atoms with E-state index in [0.29, 0.717) is 5.56 Å². The molecule has 1 heterocycles. The van der Waals surface area contributed by atoms with Crippen molar-refractivity contribution in [3.63, 3.8) is 0 Å². The van der Waals surface area contributed by atoms with Gasteiger partial charge in [-0.2, -0.15) is 0 Å². The van der Waals surface area contributed by atoms with Crippen molar-refractivity contribution in [2.45, 2.75) is 6.42 Å². The number of rotatable bonds is 6. The van der Waals surface area contributed by atoms with Crippen LogP contribution >= 0.6 is 11.3 Å². The van der Waals surface area contributed by atoms with Crippen LogP contribution in [0.25, 0.3) is 0 Å². The molecule has 2 N–H and O–H groups in total. The summed E-state index contributed by atoms with van der Waals surface area (Å²) in [5.74, 6) is -0.557. The largest absolute Gasteiger partial charge is 0.504 e. The molecule has 20 heavy (non-hydrogen) atoms. The molecule has 0 saturated heterocycles. The molecule has 0 unspecified atom stereocenters. The fourth-order valence-electron chi connectivity index (χ4n) is 1.87. The van der Waals surface area contributed by atoms with Crippen LogP contribution in [-0.4, -0.2) is 41.0 Å². The summed E-state index contributed by atoms with van der Waals surface area (Å²) in [6.07, 6.45) is 0.919. The van der Waals surface area contributed by atoms with E-state index >= 15 is 0 Å². The van der Waals surface area contributed by atoms with E-state index in [1.165, 1.54) is 23.1 Å². The van der Waals surface area contributed by atoms with Crippen molar-refractivity contribution in [2.75, 3.05) is 20.1 Å². The molecular formula is C15H17NO3S. The lowest BCUT2D eigenvalue weighted by molar-refractivity contribution is 0.0946. The molecule has 0 fully saturated rings. The fourth-order valence-corrected chi connectivity index (χ4v) is 2.57. The average Bonchev–Trinajstić information content (AvgIpc) is 2.92.